The topological polar surface area (TPSA) is 29.1 Å². The number of hydrogen-bond donors (Lipinski definition) is 1. The van der Waals surface area contributed by atoms with Crippen LogP contribution in [0, 0.1) is 25.1 Å². The third-order valence-corrected chi connectivity index (χ3v) is 4.43. The quantitative estimate of drug-likeness (QED) is 0.848. The Morgan fingerprint density at radius 1 is 1.30 bits per heavy atom. The molecule has 0 atom stereocenters. The highest BCUT2D eigenvalue weighted by atomic mass is 19.1. The van der Waals surface area contributed by atoms with Gasteiger partial charge in [-0.3, -0.25) is 4.79 Å². The number of halogens is 1. The van der Waals surface area contributed by atoms with Crippen LogP contribution in [-0.2, 0) is 0 Å². The number of carbonyl (C=O) groups excluding carboxylic acids is 1. The van der Waals surface area contributed by atoms with Crippen molar-refractivity contribution in [1.29, 1.82) is 0 Å². The Kier molecular flexibility index (Phi) is 4.59. The second-order valence-corrected chi connectivity index (χ2v) is 6.05. The molecule has 0 bridgehead atoms. The highest BCUT2D eigenvalue weighted by Gasteiger charge is 2.40. The molecule has 0 amide bonds. The molecule has 1 aliphatic rings. The molecule has 0 aromatic heterocycles. The Morgan fingerprint density at radius 2 is 1.95 bits per heavy atom. The SMILES string of the molecule is CCCC1(C(=O)c2c(C)cc(C)cc2F)CCNCC1. The first-order valence-corrected chi connectivity index (χ1v) is 7.52. The monoisotopic (exact) mass is 277 g/mol. The molecular formula is C17H24FNO. The van der Waals surface area contributed by atoms with E-state index in [1.807, 2.05) is 19.9 Å². The van der Waals surface area contributed by atoms with Crippen LogP contribution in [0.1, 0.15) is 54.1 Å². The van der Waals surface area contributed by atoms with Crippen molar-refractivity contribution in [3.05, 3.63) is 34.6 Å². The van der Waals surface area contributed by atoms with Crippen molar-refractivity contribution in [3.63, 3.8) is 0 Å². The summed E-state index contributed by atoms with van der Waals surface area (Å²) < 4.78 is 14.3. The van der Waals surface area contributed by atoms with Crippen LogP contribution < -0.4 is 5.32 Å². The molecule has 110 valence electrons. The van der Waals surface area contributed by atoms with E-state index in [9.17, 15) is 9.18 Å². The van der Waals surface area contributed by atoms with Crippen molar-refractivity contribution in [2.24, 2.45) is 5.41 Å². The zero-order chi connectivity index (χ0) is 14.8. The molecule has 3 heteroatoms. The number of Topliss-reactive ketones (excluding diaryl/α,β-unsaturated/α-hetero) is 1. The second-order valence-electron chi connectivity index (χ2n) is 6.05. The van der Waals surface area contributed by atoms with Crippen molar-refractivity contribution in [1.82, 2.24) is 5.32 Å². The van der Waals surface area contributed by atoms with Gasteiger partial charge in [0.2, 0.25) is 0 Å². The van der Waals surface area contributed by atoms with Crippen molar-refractivity contribution in [2.75, 3.05) is 13.1 Å². The molecule has 1 saturated heterocycles. The number of carbonyl (C=O) groups is 1. The van der Waals surface area contributed by atoms with E-state index >= 15 is 0 Å². The standard InChI is InChI=1S/C17H24FNO/c1-4-5-17(6-8-19-9-7-17)16(20)15-13(3)10-12(2)11-14(15)18/h10-11,19H,4-9H2,1-3H3. The van der Waals surface area contributed by atoms with E-state index in [-0.39, 0.29) is 17.0 Å². The third kappa shape index (κ3) is 2.78. The summed E-state index contributed by atoms with van der Waals surface area (Å²) in [6.07, 6.45) is 3.43. The summed E-state index contributed by atoms with van der Waals surface area (Å²) >= 11 is 0. The average molecular weight is 277 g/mol. The largest absolute Gasteiger partial charge is 0.317 e. The Balaban J connectivity index is 2.42. The van der Waals surface area contributed by atoms with Crippen LogP contribution >= 0.6 is 0 Å². The van der Waals surface area contributed by atoms with Crippen molar-refractivity contribution >= 4 is 5.78 Å². The molecule has 0 spiro atoms. The van der Waals surface area contributed by atoms with Gasteiger partial charge >= 0.3 is 0 Å². The summed E-state index contributed by atoms with van der Waals surface area (Å²) in [7, 11) is 0. The Hall–Kier alpha value is -1.22. The molecule has 1 fully saturated rings. The number of rotatable bonds is 4. The van der Waals surface area contributed by atoms with Crippen LogP contribution in [0.25, 0.3) is 0 Å². The van der Waals surface area contributed by atoms with Crippen LogP contribution in [0.4, 0.5) is 4.39 Å². The first kappa shape index (κ1) is 15.2. The lowest BCUT2D eigenvalue weighted by Crippen LogP contribution is -2.42. The maximum absolute atomic E-state index is 14.3. The first-order chi connectivity index (χ1) is 9.50. The molecule has 20 heavy (non-hydrogen) atoms. The zero-order valence-electron chi connectivity index (χ0n) is 12.7. The Morgan fingerprint density at radius 3 is 2.50 bits per heavy atom. The fourth-order valence-electron chi connectivity index (χ4n) is 3.44. The normalized spacial score (nSPS) is 18.0. The molecule has 2 rings (SSSR count). The molecule has 0 radical (unpaired) electrons. The maximum atomic E-state index is 14.3. The first-order valence-electron chi connectivity index (χ1n) is 7.52. The predicted octanol–water partition coefficient (Wildman–Crippen LogP) is 3.80. The number of nitrogens with one attached hydrogen (secondary N) is 1. The van der Waals surface area contributed by atoms with Gasteiger partial charge in [-0.25, -0.2) is 4.39 Å². The summed E-state index contributed by atoms with van der Waals surface area (Å²) in [5.74, 6) is -0.350. The van der Waals surface area contributed by atoms with E-state index in [1.54, 1.807) is 0 Å². The predicted molar refractivity (Wildman–Crippen MR) is 79.6 cm³/mol. The van der Waals surface area contributed by atoms with Gasteiger partial charge in [-0.1, -0.05) is 19.4 Å². The van der Waals surface area contributed by atoms with Gasteiger partial charge in [0, 0.05) is 5.41 Å². The van der Waals surface area contributed by atoms with Gasteiger partial charge in [0.05, 0.1) is 5.56 Å². The van der Waals surface area contributed by atoms with Crippen LogP contribution in [0.3, 0.4) is 0 Å². The number of piperidine rings is 1. The Bertz CT molecular complexity index is 475. The average Bonchev–Trinajstić information content (AvgIpc) is 2.38. The number of hydrogen-bond acceptors (Lipinski definition) is 2. The fourth-order valence-corrected chi connectivity index (χ4v) is 3.44. The lowest BCUT2D eigenvalue weighted by molar-refractivity contribution is 0.0699. The molecule has 1 aliphatic heterocycles. The van der Waals surface area contributed by atoms with Gasteiger partial charge in [0.1, 0.15) is 5.82 Å². The van der Waals surface area contributed by atoms with E-state index < -0.39 is 0 Å². The Labute approximate surface area is 120 Å². The zero-order valence-corrected chi connectivity index (χ0v) is 12.7. The molecule has 1 N–H and O–H groups in total. The minimum atomic E-state index is -0.374. The second kappa shape index (κ2) is 6.04. The minimum absolute atomic E-state index is 0.0100. The summed E-state index contributed by atoms with van der Waals surface area (Å²) in [5.41, 5.74) is 1.57. The molecule has 0 saturated carbocycles. The maximum Gasteiger partial charge on any atom is 0.172 e. The molecule has 1 aromatic carbocycles. The van der Waals surface area contributed by atoms with Gasteiger partial charge in [0.25, 0.3) is 0 Å². The van der Waals surface area contributed by atoms with Crippen molar-refractivity contribution in [2.45, 2.75) is 46.5 Å². The van der Waals surface area contributed by atoms with Gasteiger partial charge in [-0.2, -0.15) is 0 Å². The highest BCUT2D eigenvalue weighted by Crippen LogP contribution is 2.38. The number of ketones is 1. The minimum Gasteiger partial charge on any atom is -0.317 e. The molecule has 1 heterocycles. The molecule has 0 aliphatic carbocycles. The van der Waals surface area contributed by atoms with E-state index in [1.165, 1.54) is 6.07 Å². The summed E-state index contributed by atoms with van der Waals surface area (Å²) in [5, 5.41) is 3.30. The smallest absolute Gasteiger partial charge is 0.172 e. The van der Waals surface area contributed by atoms with Gasteiger partial charge < -0.3 is 5.32 Å². The lowest BCUT2D eigenvalue weighted by Gasteiger charge is -2.36. The fraction of sp³-hybridized carbons (Fsp3) is 0.588. The molecule has 2 nitrogen and oxygen atoms in total. The van der Waals surface area contributed by atoms with Crippen LogP contribution in [0.15, 0.2) is 12.1 Å². The van der Waals surface area contributed by atoms with Gasteiger partial charge in [-0.15, -0.1) is 0 Å². The third-order valence-electron chi connectivity index (χ3n) is 4.43. The van der Waals surface area contributed by atoms with E-state index in [0.29, 0.717) is 5.56 Å². The number of benzene rings is 1. The van der Waals surface area contributed by atoms with Crippen LogP contribution in [-0.4, -0.2) is 18.9 Å². The molecule has 0 unspecified atom stereocenters. The number of aryl methyl sites for hydroxylation is 2. The van der Waals surface area contributed by atoms with E-state index in [2.05, 4.69) is 12.2 Å². The highest BCUT2D eigenvalue weighted by molar-refractivity contribution is 6.02. The van der Waals surface area contributed by atoms with E-state index in [0.717, 1.165) is 49.9 Å². The molecule has 1 aromatic rings. The summed E-state index contributed by atoms with van der Waals surface area (Å²) in [6, 6.07) is 3.37. The van der Waals surface area contributed by atoms with Crippen molar-refractivity contribution in [3.8, 4) is 0 Å². The summed E-state index contributed by atoms with van der Waals surface area (Å²) in [4.78, 5) is 13.0. The van der Waals surface area contributed by atoms with Gasteiger partial charge in [0.15, 0.2) is 5.78 Å². The molecular weight excluding hydrogens is 253 g/mol. The summed E-state index contributed by atoms with van der Waals surface area (Å²) in [6.45, 7) is 7.48. The van der Waals surface area contributed by atoms with Gasteiger partial charge in [-0.05, 0) is 63.4 Å². The lowest BCUT2D eigenvalue weighted by atomic mass is 9.69. The van der Waals surface area contributed by atoms with Crippen LogP contribution in [0.5, 0.6) is 0 Å². The van der Waals surface area contributed by atoms with Crippen LogP contribution in [0.2, 0.25) is 0 Å². The van der Waals surface area contributed by atoms with E-state index in [4.69, 9.17) is 0 Å². The van der Waals surface area contributed by atoms with Crippen molar-refractivity contribution < 1.29 is 9.18 Å².